The Labute approximate surface area is 174 Å². The van der Waals surface area contributed by atoms with Gasteiger partial charge in [0.2, 0.25) is 7.57 Å². The van der Waals surface area contributed by atoms with Crippen molar-refractivity contribution in [3.05, 3.63) is 0 Å². The summed E-state index contributed by atoms with van der Waals surface area (Å²) in [5.74, 6) is 0. The fourth-order valence-electron chi connectivity index (χ4n) is 2.05. The number of hydrogen-bond donors (Lipinski definition) is 6. The molecule has 0 heterocycles. The average molecular weight is 464 g/mol. The van der Waals surface area contributed by atoms with Gasteiger partial charge in [-0.2, -0.15) is 0 Å². The summed E-state index contributed by atoms with van der Waals surface area (Å²) in [6, 6.07) is 0. The Kier molecular flexibility index (Phi) is 21.7. The minimum Gasteiger partial charge on any atom is -0.378 e. The fraction of sp³-hybridized carbons (Fsp3) is 0.938. The van der Waals surface area contributed by atoms with E-state index in [-0.39, 0.29) is 6.61 Å². The highest BCUT2D eigenvalue weighted by atomic mass is 31.2. The normalized spacial score (nSPS) is 12.2. The van der Waals surface area contributed by atoms with Crippen LogP contribution in [0.25, 0.3) is 0 Å². The summed E-state index contributed by atoms with van der Waals surface area (Å²) in [7, 11) is -5.63. The molecule has 0 unspecified atom stereocenters. The van der Waals surface area contributed by atoms with Crippen LogP contribution in [0.3, 0.4) is 0 Å². The quantitative estimate of drug-likeness (QED) is 0.0697. The summed E-state index contributed by atoms with van der Waals surface area (Å²) >= 11 is 0. The molecule has 13 heteroatoms. The lowest BCUT2D eigenvalue weighted by Crippen LogP contribution is -2.32. The van der Waals surface area contributed by atoms with Crippen LogP contribution in [-0.4, -0.2) is 98.5 Å². The van der Waals surface area contributed by atoms with Crippen LogP contribution in [-0.2, 0) is 23.3 Å². The van der Waals surface area contributed by atoms with Crippen molar-refractivity contribution in [2.75, 3.05) is 72.6 Å². The number of unbranched alkanes of at least 4 members (excludes halogenated alkanes) is 3. The lowest BCUT2D eigenvalue weighted by atomic mass is 10.2. The van der Waals surface area contributed by atoms with E-state index < -0.39 is 16.2 Å². The Balaban J connectivity index is 3.04. The van der Waals surface area contributed by atoms with E-state index in [4.69, 9.17) is 38.3 Å². The summed E-state index contributed by atoms with van der Waals surface area (Å²) in [6.07, 6.45) is 7.05. The molecule has 0 bridgehead atoms. The zero-order valence-electron chi connectivity index (χ0n) is 17.0. The van der Waals surface area contributed by atoms with Crippen molar-refractivity contribution >= 4 is 22.5 Å². The molecular formula is C16H38N2O9P2. The first-order valence-corrected chi connectivity index (χ1v) is 12.7. The second-order valence-electron chi connectivity index (χ2n) is 6.01. The number of ether oxygens (including phenoxy) is 3. The molecule has 0 saturated heterocycles. The third-order valence-corrected chi connectivity index (χ3v) is 4.41. The van der Waals surface area contributed by atoms with E-state index in [0.29, 0.717) is 46.2 Å². The standard InChI is InChI=1S/C16H38N2O9P2/c1-29(21,22)27-8-5-3-2-4-6-17-16-18-7-9-23-10-11-24-12-13-25-14-15-26-28(19)20/h17-22H,1-16H2. The zero-order valence-corrected chi connectivity index (χ0v) is 18.8. The van der Waals surface area contributed by atoms with Crippen LogP contribution >= 0.6 is 16.2 Å². The van der Waals surface area contributed by atoms with Crippen LogP contribution in [0.2, 0.25) is 0 Å². The van der Waals surface area contributed by atoms with Gasteiger partial charge in [0.15, 0.2) is 0 Å². The Morgan fingerprint density at radius 2 is 1.24 bits per heavy atom. The molecule has 0 aromatic carbocycles. The predicted octanol–water partition coefficient (Wildman–Crippen LogP) is 0.157. The van der Waals surface area contributed by atoms with Gasteiger partial charge in [-0.15, -0.1) is 0 Å². The summed E-state index contributed by atoms with van der Waals surface area (Å²) < 4.78 is 25.3. The van der Waals surface area contributed by atoms with Crippen LogP contribution in [0.5, 0.6) is 0 Å². The van der Waals surface area contributed by atoms with Crippen LogP contribution in [0.15, 0.2) is 0 Å². The Morgan fingerprint density at radius 3 is 1.86 bits per heavy atom. The molecule has 0 aliphatic rings. The first-order valence-electron chi connectivity index (χ1n) is 9.70. The summed E-state index contributed by atoms with van der Waals surface area (Å²) in [6.45, 7) is 5.67. The summed E-state index contributed by atoms with van der Waals surface area (Å²) in [4.78, 5) is 35.0. The smallest absolute Gasteiger partial charge is 0.327 e. The van der Waals surface area contributed by atoms with Crippen LogP contribution < -0.4 is 10.6 Å². The Morgan fingerprint density at radius 1 is 0.690 bits per heavy atom. The molecule has 11 nitrogen and oxygen atoms in total. The molecule has 29 heavy (non-hydrogen) atoms. The number of nitrogens with one attached hydrogen (secondary N) is 2. The van der Waals surface area contributed by atoms with E-state index >= 15 is 0 Å². The first-order chi connectivity index (χ1) is 13.9. The van der Waals surface area contributed by atoms with Crippen molar-refractivity contribution in [3.8, 4) is 0 Å². The topological polar surface area (TPSA) is 151 Å². The highest BCUT2D eigenvalue weighted by molar-refractivity contribution is 7.57. The maximum atomic E-state index is 8.97. The molecule has 0 radical (unpaired) electrons. The fourth-order valence-corrected chi connectivity index (χ4v) is 2.70. The van der Waals surface area contributed by atoms with Gasteiger partial charge in [0.05, 0.1) is 52.9 Å². The van der Waals surface area contributed by atoms with Crippen LogP contribution in [0.4, 0.5) is 0 Å². The van der Waals surface area contributed by atoms with E-state index in [1.807, 2.05) is 0 Å². The molecule has 0 aliphatic heterocycles. The van der Waals surface area contributed by atoms with Gasteiger partial charge >= 0.3 is 8.60 Å². The highest BCUT2D eigenvalue weighted by Gasteiger charge is 2.03. The summed E-state index contributed by atoms with van der Waals surface area (Å²) in [5, 5.41) is 6.52. The number of rotatable bonds is 23. The molecule has 0 aliphatic carbocycles. The molecule has 176 valence electrons. The average Bonchev–Trinajstić information content (AvgIpc) is 2.64. The van der Waals surface area contributed by atoms with Gasteiger partial charge < -0.3 is 53.5 Å². The van der Waals surface area contributed by atoms with Crippen LogP contribution in [0.1, 0.15) is 25.7 Å². The minimum atomic E-state index is -3.32. The lowest BCUT2D eigenvalue weighted by Gasteiger charge is -2.10. The second-order valence-corrected chi connectivity index (χ2v) is 8.36. The van der Waals surface area contributed by atoms with Gasteiger partial charge in [-0.3, -0.25) is 0 Å². The van der Waals surface area contributed by atoms with Gasteiger partial charge in [-0.05, 0) is 25.7 Å². The third kappa shape index (κ3) is 28.3. The van der Waals surface area contributed by atoms with Crippen molar-refractivity contribution in [2.24, 2.45) is 0 Å². The summed E-state index contributed by atoms with van der Waals surface area (Å²) in [5.41, 5.74) is 0. The van der Waals surface area contributed by atoms with Gasteiger partial charge in [0.25, 0.3) is 0 Å². The van der Waals surface area contributed by atoms with E-state index in [1.165, 1.54) is 0 Å². The van der Waals surface area contributed by atoms with Gasteiger partial charge in [-0.1, -0.05) is 12.8 Å². The van der Waals surface area contributed by atoms with Crippen LogP contribution in [0, 0.1) is 0 Å². The highest BCUT2D eigenvalue weighted by Crippen LogP contribution is 2.35. The number of hydrogen-bond acceptors (Lipinski definition) is 11. The van der Waals surface area contributed by atoms with Gasteiger partial charge in [0.1, 0.15) is 0 Å². The third-order valence-electron chi connectivity index (χ3n) is 3.40. The van der Waals surface area contributed by atoms with E-state index in [1.54, 1.807) is 0 Å². The maximum absolute atomic E-state index is 8.97. The van der Waals surface area contributed by atoms with Crippen molar-refractivity contribution in [1.29, 1.82) is 0 Å². The van der Waals surface area contributed by atoms with Crippen molar-refractivity contribution in [3.63, 3.8) is 0 Å². The molecular weight excluding hydrogens is 426 g/mol. The molecule has 6 N–H and O–H groups in total. The largest absolute Gasteiger partial charge is 0.378 e. The van der Waals surface area contributed by atoms with E-state index in [9.17, 15) is 0 Å². The predicted molar refractivity (Wildman–Crippen MR) is 114 cm³/mol. The molecule has 0 saturated carbocycles. The molecule has 0 amide bonds. The monoisotopic (exact) mass is 464 g/mol. The Bertz CT molecular complexity index is 389. The minimum absolute atomic E-state index is 0.147. The second kappa shape index (κ2) is 21.5. The van der Waals surface area contributed by atoms with E-state index in [0.717, 1.165) is 45.4 Å². The van der Waals surface area contributed by atoms with Crippen molar-refractivity contribution < 1.29 is 42.8 Å². The zero-order chi connectivity index (χ0) is 21.6. The van der Waals surface area contributed by atoms with Gasteiger partial charge in [0, 0.05) is 13.2 Å². The molecule has 0 aromatic rings. The molecule has 0 fully saturated rings. The van der Waals surface area contributed by atoms with Crippen molar-refractivity contribution in [1.82, 2.24) is 10.6 Å². The maximum Gasteiger partial charge on any atom is 0.327 e. The SMILES string of the molecule is C=P(O)(O)OCCCCCCNCNCCOCCOCCOCCOP(O)O. The molecule has 0 rings (SSSR count). The first kappa shape index (κ1) is 29.3. The molecule has 0 aromatic heterocycles. The molecule has 0 spiro atoms. The molecule has 0 atom stereocenters. The van der Waals surface area contributed by atoms with Gasteiger partial charge in [-0.25, -0.2) is 0 Å². The lowest BCUT2D eigenvalue weighted by molar-refractivity contribution is 0.00918. The Hall–Kier alpha value is 0.290. The van der Waals surface area contributed by atoms with E-state index in [2.05, 4.69) is 21.5 Å². The van der Waals surface area contributed by atoms with Crippen molar-refractivity contribution in [2.45, 2.75) is 25.7 Å².